The molecule has 5 N–H and O–H groups in total. The monoisotopic (exact) mass is 247 g/mol. The van der Waals surface area contributed by atoms with Crippen LogP contribution in [-0.2, 0) is 10.0 Å². The quantitative estimate of drug-likeness (QED) is 0.239. The molecular formula is C7H13N5O3S. The fourth-order valence-corrected chi connectivity index (χ4v) is 2.25. The van der Waals surface area contributed by atoms with Gasteiger partial charge in [-0.3, -0.25) is 5.10 Å². The summed E-state index contributed by atoms with van der Waals surface area (Å²) in [6, 6.07) is 0. The van der Waals surface area contributed by atoms with E-state index in [1.807, 2.05) is 0 Å². The molecular weight excluding hydrogens is 234 g/mol. The molecule has 16 heavy (non-hydrogen) atoms. The number of aromatic nitrogens is 2. The van der Waals surface area contributed by atoms with Crippen LogP contribution in [0.3, 0.4) is 0 Å². The van der Waals surface area contributed by atoms with Crippen molar-refractivity contribution in [1.82, 2.24) is 14.9 Å². The minimum Gasteiger partial charge on any atom is -0.409 e. The molecule has 0 aliphatic rings. The second-order valence-corrected chi connectivity index (χ2v) is 5.33. The number of hydrogen-bond donors (Lipinski definition) is 4. The zero-order chi connectivity index (χ0) is 12.4. The Kier molecular flexibility index (Phi) is 3.19. The number of H-pyrrole nitrogens is 1. The summed E-state index contributed by atoms with van der Waals surface area (Å²) in [7, 11) is -3.75. The molecule has 90 valence electrons. The fourth-order valence-electron chi connectivity index (χ4n) is 0.958. The predicted molar refractivity (Wildman–Crippen MR) is 56.4 cm³/mol. The molecule has 0 saturated heterocycles. The van der Waals surface area contributed by atoms with Crippen molar-refractivity contribution in [3.05, 3.63) is 12.4 Å². The Balaban J connectivity index is 2.99. The van der Waals surface area contributed by atoms with Crippen molar-refractivity contribution in [2.24, 2.45) is 10.9 Å². The number of rotatable bonds is 4. The lowest BCUT2D eigenvalue weighted by molar-refractivity contribution is 0.312. The summed E-state index contributed by atoms with van der Waals surface area (Å²) in [5.41, 5.74) is 4.17. The van der Waals surface area contributed by atoms with E-state index in [9.17, 15) is 8.42 Å². The molecule has 0 unspecified atom stereocenters. The number of amidine groups is 1. The first-order chi connectivity index (χ1) is 7.29. The lowest BCUT2D eigenvalue weighted by atomic mass is 10.1. The van der Waals surface area contributed by atoms with Crippen LogP contribution in [0.4, 0.5) is 0 Å². The molecule has 0 amide bonds. The highest BCUT2D eigenvalue weighted by molar-refractivity contribution is 7.89. The normalized spacial score (nSPS) is 14.0. The van der Waals surface area contributed by atoms with Gasteiger partial charge in [0.25, 0.3) is 0 Å². The van der Waals surface area contributed by atoms with E-state index < -0.39 is 15.6 Å². The minimum absolute atomic E-state index is 0.0219. The fraction of sp³-hybridized carbons (Fsp3) is 0.429. The number of oxime groups is 1. The first-order valence-electron chi connectivity index (χ1n) is 4.30. The average Bonchev–Trinajstić information content (AvgIpc) is 2.68. The zero-order valence-corrected chi connectivity index (χ0v) is 9.61. The predicted octanol–water partition coefficient (Wildman–Crippen LogP) is -0.787. The van der Waals surface area contributed by atoms with E-state index in [4.69, 9.17) is 10.9 Å². The lowest BCUT2D eigenvalue weighted by Crippen LogP contribution is -2.52. The summed E-state index contributed by atoms with van der Waals surface area (Å²) in [5.74, 6) is -0.237. The van der Waals surface area contributed by atoms with E-state index in [0.717, 1.165) is 6.20 Å². The van der Waals surface area contributed by atoms with Gasteiger partial charge >= 0.3 is 0 Å². The third kappa shape index (κ3) is 2.49. The summed E-state index contributed by atoms with van der Waals surface area (Å²) >= 11 is 0. The topological polar surface area (TPSA) is 133 Å². The number of nitrogens with zero attached hydrogens (tertiary/aromatic N) is 2. The van der Waals surface area contributed by atoms with Gasteiger partial charge in [-0.2, -0.15) is 9.82 Å². The van der Waals surface area contributed by atoms with Crippen molar-refractivity contribution in [2.75, 3.05) is 0 Å². The summed E-state index contributed by atoms with van der Waals surface area (Å²) in [5, 5.41) is 17.2. The van der Waals surface area contributed by atoms with E-state index in [1.54, 1.807) is 0 Å². The molecule has 9 heteroatoms. The molecule has 0 bridgehead atoms. The Hall–Kier alpha value is -1.61. The number of aromatic amines is 1. The van der Waals surface area contributed by atoms with Gasteiger partial charge in [-0.1, -0.05) is 5.16 Å². The molecule has 1 rings (SSSR count). The van der Waals surface area contributed by atoms with Gasteiger partial charge in [0.15, 0.2) is 5.84 Å². The molecule has 0 aliphatic carbocycles. The van der Waals surface area contributed by atoms with Crippen LogP contribution in [-0.4, -0.2) is 35.2 Å². The highest BCUT2D eigenvalue weighted by Crippen LogP contribution is 2.11. The molecule has 0 radical (unpaired) electrons. The Morgan fingerprint density at radius 3 is 2.75 bits per heavy atom. The second-order valence-electron chi connectivity index (χ2n) is 3.65. The smallest absolute Gasteiger partial charge is 0.244 e. The Morgan fingerprint density at radius 1 is 1.69 bits per heavy atom. The van der Waals surface area contributed by atoms with Crippen molar-refractivity contribution in [2.45, 2.75) is 24.3 Å². The Morgan fingerprint density at radius 2 is 2.31 bits per heavy atom. The largest absolute Gasteiger partial charge is 0.409 e. The van der Waals surface area contributed by atoms with E-state index in [0.29, 0.717) is 0 Å². The third-order valence-corrected chi connectivity index (χ3v) is 3.54. The van der Waals surface area contributed by atoms with Crippen LogP contribution >= 0.6 is 0 Å². The lowest BCUT2D eigenvalue weighted by Gasteiger charge is -2.23. The van der Waals surface area contributed by atoms with Gasteiger partial charge in [0.05, 0.1) is 11.7 Å². The van der Waals surface area contributed by atoms with Gasteiger partial charge in [0, 0.05) is 6.20 Å². The molecule has 1 heterocycles. The molecule has 0 aliphatic heterocycles. The maximum absolute atomic E-state index is 11.8. The van der Waals surface area contributed by atoms with Crippen LogP contribution in [0.5, 0.6) is 0 Å². The van der Waals surface area contributed by atoms with Crippen LogP contribution in [0.15, 0.2) is 22.4 Å². The Labute approximate surface area is 92.6 Å². The second kappa shape index (κ2) is 4.10. The third-order valence-electron chi connectivity index (χ3n) is 1.92. The first-order valence-corrected chi connectivity index (χ1v) is 5.78. The van der Waals surface area contributed by atoms with Crippen LogP contribution in [0.1, 0.15) is 13.8 Å². The van der Waals surface area contributed by atoms with E-state index in [-0.39, 0.29) is 10.7 Å². The summed E-state index contributed by atoms with van der Waals surface area (Å²) in [6.07, 6.45) is 2.38. The average molecular weight is 247 g/mol. The maximum Gasteiger partial charge on any atom is 0.244 e. The number of hydrogen-bond acceptors (Lipinski definition) is 5. The van der Waals surface area contributed by atoms with Crippen LogP contribution in [0.2, 0.25) is 0 Å². The summed E-state index contributed by atoms with van der Waals surface area (Å²) in [6.45, 7) is 2.94. The van der Waals surface area contributed by atoms with Crippen LogP contribution < -0.4 is 10.5 Å². The van der Waals surface area contributed by atoms with Crippen molar-refractivity contribution < 1.29 is 13.6 Å². The highest BCUT2D eigenvalue weighted by atomic mass is 32.2. The first kappa shape index (κ1) is 12.5. The summed E-state index contributed by atoms with van der Waals surface area (Å²) in [4.78, 5) is -0.0219. The van der Waals surface area contributed by atoms with Crippen molar-refractivity contribution in [3.63, 3.8) is 0 Å². The SMILES string of the molecule is CC(C)(NS(=O)(=O)c1cn[nH]c1)/C(N)=N/O. The molecule has 0 atom stereocenters. The zero-order valence-electron chi connectivity index (χ0n) is 8.80. The Bertz CT molecular complexity index is 476. The van der Waals surface area contributed by atoms with E-state index >= 15 is 0 Å². The molecule has 0 saturated carbocycles. The van der Waals surface area contributed by atoms with Crippen LogP contribution in [0.25, 0.3) is 0 Å². The standard InChI is InChI=1S/C7H13N5O3S/c1-7(2,6(8)11-13)12-16(14,15)5-3-9-10-4-5/h3-4,12-13H,1-2H3,(H2,8,11)(H,9,10). The number of nitrogens with two attached hydrogens (primary N) is 1. The van der Waals surface area contributed by atoms with Gasteiger partial charge < -0.3 is 10.9 Å². The van der Waals surface area contributed by atoms with Gasteiger partial charge in [-0.15, -0.1) is 0 Å². The van der Waals surface area contributed by atoms with E-state index in [2.05, 4.69) is 20.1 Å². The maximum atomic E-state index is 11.8. The van der Waals surface area contributed by atoms with Gasteiger partial charge in [-0.25, -0.2) is 8.42 Å². The van der Waals surface area contributed by atoms with E-state index in [1.165, 1.54) is 20.0 Å². The number of nitrogens with one attached hydrogen (secondary N) is 2. The molecule has 0 aromatic carbocycles. The molecule has 1 aromatic rings. The minimum atomic E-state index is -3.75. The van der Waals surface area contributed by atoms with Crippen molar-refractivity contribution >= 4 is 15.9 Å². The van der Waals surface area contributed by atoms with Crippen molar-refractivity contribution in [3.8, 4) is 0 Å². The molecule has 0 spiro atoms. The van der Waals surface area contributed by atoms with Gasteiger partial charge in [0.2, 0.25) is 10.0 Å². The highest BCUT2D eigenvalue weighted by Gasteiger charge is 2.30. The van der Waals surface area contributed by atoms with Crippen LogP contribution in [0, 0.1) is 0 Å². The molecule has 1 aromatic heterocycles. The molecule has 8 nitrogen and oxygen atoms in total. The molecule has 0 fully saturated rings. The summed E-state index contributed by atoms with van der Waals surface area (Å²) < 4.78 is 25.8. The van der Waals surface area contributed by atoms with Gasteiger partial charge in [-0.05, 0) is 13.8 Å². The van der Waals surface area contributed by atoms with Crippen molar-refractivity contribution in [1.29, 1.82) is 0 Å². The van der Waals surface area contributed by atoms with Gasteiger partial charge in [0.1, 0.15) is 4.90 Å². The number of sulfonamides is 1.